The summed E-state index contributed by atoms with van der Waals surface area (Å²) in [5, 5.41) is 3.13. The molecule has 0 bridgehead atoms. The molecular formula is C19H24N4O. The van der Waals surface area contributed by atoms with E-state index in [1.54, 1.807) is 0 Å². The van der Waals surface area contributed by atoms with Crippen LogP contribution < -0.4 is 5.32 Å². The van der Waals surface area contributed by atoms with Crippen LogP contribution in [0.15, 0.2) is 36.4 Å². The fraction of sp³-hybridized carbons (Fsp3) is 0.368. The highest BCUT2D eigenvalue weighted by Gasteiger charge is 2.22. The number of hydrogen-bond donors (Lipinski definition) is 2. The molecule has 0 radical (unpaired) electrons. The van der Waals surface area contributed by atoms with Crippen molar-refractivity contribution in [1.29, 1.82) is 0 Å². The number of imidazole rings is 1. The molecule has 2 aromatic heterocycles. The van der Waals surface area contributed by atoms with Gasteiger partial charge in [0.05, 0.1) is 17.1 Å². The Morgan fingerprint density at radius 1 is 1.17 bits per heavy atom. The van der Waals surface area contributed by atoms with Crippen LogP contribution in [0.1, 0.15) is 37.1 Å². The summed E-state index contributed by atoms with van der Waals surface area (Å²) < 4.78 is 2.02. The molecule has 2 N–H and O–H groups in total. The summed E-state index contributed by atoms with van der Waals surface area (Å²) in [6.07, 6.45) is 0. The number of aryl methyl sites for hydroxylation is 2. The zero-order valence-corrected chi connectivity index (χ0v) is 14.6. The maximum atomic E-state index is 12.5. The topological polar surface area (TPSA) is 62.7 Å². The van der Waals surface area contributed by atoms with Gasteiger partial charge in [0.1, 0.15) is 12.4 Å². The molecule has 126 valence electrons. The lowest BCUT2D eigenvalue weighted by Crippen LogP contribution is -2.35. The first-order valence-corrected chi connectivity index (χ1v) is 8.32. The number of H-pyrrole nitrogens is 1. The molecule has 5 nitrogen and oxygen atoms in total. The molecule has 1 aromatic carbocycles. The van der Waals surface area contributed by atoms with E-state index in [1.807, 2.05) is 54.8 Å². The number of nitrogens with zero attached hydrogens (tertiary/aromatic N) is 2. The Morgan fingerprint density at radius 3 is 2.46 bits per heavy atom. The second-order valence-electron chi connectivity index (χ2n) is 6.63. The van der Waals surface area contributed by atoms with Crippen LogP contribution in [-0.4, -0.2) is 20.4 Å². The SMILES string of the molecule is Cc1ccc(C)n1CC(=O)N[C@@H](c1nc2ccccc2[nH]1)C(C)C. The monoisotopic (exact) mass is 324 g/mol. The van der Waals surface area contributed by atoms with Crippen LogP contribution in [0.2, 0.25) is 0 Å². The average Bonchev–Trinajstić information content (AvgIpc) is 3.10. The van der Waals surface area contributed by atoms with Crippen molar-refractivity contribution >= 4 is 16.9 Å². The number of benzene rings is 1. The molecule has 0 aliphatic rings. The molecule has 0 saturated carbocycles. The predicted octanol–water partition coefficient (Wildman–Crippen LogP) is 3.49. The van der Waals surface area contributed by atoms with Gasteiger partial charge in [-0.25, -0.2) is 4.98 Å². The minimum atomic E-state index is -0.138. The van der Waals surface area contributed by atoms with Crippen LogP contribution in [0.3, 0.4) is 0 Å². The van der Waals surface area contributed by atoms with Crippen molar-refractivity contribution in [3.05, 3.63) is 53.6 Å². The summed E-state index contributed by atoms with van der Waals surface area (Å²) >= 11 is 0. The van der Waals surface area contributed by atoms with E-state index in [1.165, 1.54) is 0 Å². The van der Waals surface area contributed by atoms with E-state index >= 15 is 0 Å². The molecule has 0 spiro atoms. The number of carbonyl (C=O) groups excluding carboxylic acids is 1. The quantitative estimate of drug-likeness (QED) is 0.754. The van der Waals surface area contributed by atoms with Crippen molar-refractivity contribution in [1.82, 2.24) is 19.9 Å². The number of carbonyl (C=O) groups is 1. The second-order valence-corrected chi connectivity index (χ2v) is 6.63. The first kappa shape index (κ1) is 16.3. The van der Waals surface area contributed by atoms with E-state index in [0.29, 0.717) is 6.54 Å². The third kappa shape index (κ3) is 3.20. The second kappa shape index (κ2) is 6.51. The molecule has 0 aliphatic heterocycles. The third-order valence-corrected chi connectivity index (χ3v) is 4.40. The number of nitrogens with one attached hydrogen (secondary N) is 2. The number of hydrogen-bond acceptors (Lipinski definition) is 2. The van der Waals surface area contributed by atoms with Crippen LogP contribution in [0, 0.1) is 19.8 Å². The Kier molecular flexibility index (Phi) is 4.42. The average molecular weight is 324 g/mol. The van der Waals surface area contributed by atoms with Crippen LogP contribution in [0.4, 0.5) is 0 Å². The van der Waals surface area contributed by atoms with Crippen LogP contribution in [0.5, 0.6) is 0 Å². The molecule has 3 rings (SSSR count). The van der Waals surface area contributed by atoms with Crippen LogP contribution in [0.25, 0.3) is 11.0 Å². The number of para-hydroxylation sites is 2. The van der Waals surface area contributed by atoms with Gasteiger partial charge >= 0.3 is 0 Å². The van der Waals surface area contributed by atoms with Gasteiger partial charge in [-0.1, -0.05) is 26.0 Å². The van der Waals surface area contributed by atoms with E-state index in [4.69, 9.17) is 0 Å². The largest absolute Gasteiger partial charge is 0.344 e. The van der Waals surface area contributed by atoms with E-state index in [-0.39, 0.29) is 17.9 Å². The Labute approximate surface area is 142 Å². The summed E-state index contributed by atoms with van der Waals surface area (Å²) in [5.41, 5.74) is 4.09. The first-order chi connectivity index (χ1) is 11.5. The van der Waals surface area contributed by atoms with Gasteiger partial charge in [-0.2, -0.15) is 0 Å². The van der Waals surface area contributed by atoms with Crippen molar-refractivity contribution in [3.8, 4) is 0 Å². The summed E-state index contributed by atoms with van der Waals surface area (Å²) in [6.45, 7) is 8.53. The predicted molar refractivity (Wildman–Crippen MR) is 95.7 cm³/mol. The van der Waals surface area contributed by atoms with E-state index < -0.39 is 0 Å². The Balaban J connectivity index is 1.80. The molecule has 0 fully saturated rings. The number of amides is 1. The molecule has 1 atom stereocenters. The van der Waals surface area contributed by atoms with E-state index in [2.05, 4.69) is 29.1 Å². The number of fused-ring (bicyclic) bond motifs is 1. The van der Waals surface area contributed by atoms with Crippen LogP contribution in [-0.2, 0) is 11.3 Å². The Bertz CT molecular complexity index is 807. The first-order valence-electron chi connectivity index (χ1n) is 8.32. The van der Waals surface area contributed by atoms with E-state index in [0.717, 1.165) is 28.2 Å². The zero-order valence-electron chi connectivity index (χ0n) is 14.6. The van der Waals surface area contributed by atoms with Gasteiger partial charge in [-0.15, -0.1) is 0 Å². The maximum Gasteiger partial charge on any atom is 0.240 e. The van der Waals surface area contributed by atoms with Crippen molar-refractivity contribution in [2.45, 2.75) is 40.3 Å². The molecule has 5 heteroatoms. The fourth-order valence-corrected chi connectivity index (χ4v) is 2.98. The van der Waals surface area contributed by atoms with Crippen molar-refractivity contribution in [2.24, 2.45) is 5.92 Å². The molecule has 2 heterocycles. The number of rotatable bonds is 5. The van der Waals surface area contributed by atoms with Gasteiger partial charge in [0.2, 0.25) is 5.91 Å². The highest BCUT2D eigenvalue weighted by Crippen LogP contribution is 2.22. The van der Waals surface area contributed by atoms with Gasteiger partial charge < -0.3 is 14.9 Å². The fourth-order valence-electron chi connectivity index (χ4n) is 2.98. The van der Waals surface area contributed by atoms with Gasteiger partial charge in [0, 0.05) is 11.4 Å². The van der Waals surface area contributed by atoms with Crippen molar-refractivity contribution in [2.75, 3.05) is 0 Å². The number of aromatic nitrogens is 3. The Hall–Kier alpha value is -2.56. The molecule has 3 aromatic rings. The smallest absolute Gasteiger partial charge is 0.240 e. The van der Waals surface area contributed by atoms with Crippen molar-refractivity contribution in [3.63, 3.8) is 0 Å². The molecular weight excluding hydrogens is 300 g/mol. The zero-order chi connectivity index (χ0) is 17.3. The standard InChI is InChI=1S/C19H24N4O/c1-12(2)18(19-20-15-7-5-6-8-16(15)21-19)22-17(24)11-23-13(3)9-10-14(23)4/h5-10,12,18H,11H2,1-4H3,(H,20,21)(H,22,24)/t18-/m1/s1. The lowest BCUT2D eigenvalue weighted by atomic mass is 10.0. The molecule has 0 unspecified atom stereocenters. The summed E-state index contributed by atoms with van der Waals surface area (Å²) in [6, 6.07) is 11.8. The normalized spacial score (nSPS) is 12.7. The highest BCUT2D eigenvalue weighted by molar-refractivity contribution is 5.77. The highest BCUT2D eigenvalue weighted by atomic mass is 16.2. The number of aromatic amines is 1. The maximum absolute atomic E-state index is 12.5. The summed E-state index contributed by atoms with van der Waals surface area (Å²) in [5.74, 6) is 1.04. The minimum Gasteiger partial charge on any atom is -0.344 e. The van der Waals surface area contributed by atoms with Gasteiger partial charge in [-0.3, -0.25) is 4.79 Å². The van der Waals surface area contributed by atoms with Crippen LogP contribution >= 0.6 is 0 Å². The lowest BCUT2D eigenvalue weighted by molar-refractivity contribution is -0.122. The molecule has 1 amide bonds. The third-order valence-electron chi connectivity index (χ3n) is 4.40. The van der Waals surface area contributed by atoms with E-state index in [9.17, 15) is 4.79 Å². The van der Waals surface area contributed by atoms with Crippen molar-refractivity contribution < 1.29 is 4.79 Å². The molecule has 0 saturated heterocycles. The van der Waals surface area contributed by atoms with Gasteiger partial charge in [0.15, 0.2) is 0 Å². The Morgan fingerprint density at radius 2 is 1.83 bits per heavy atom. The summed E-state index contributed by atoms with van der Waals surface area (Å²) in [7, 11) is 0. The van der Waals surface area contributed by atoms with Gasteiger partial charge in [0.25, 0.3) is 0 Å². The van der Waals surface area contributed by atoms with Gasteiger partial charge in [-0.05, 0) is 44.0 Å². The molecule has 0 aliphatic carbocycles. The summed E-state index contributed by atoms with van der Waals surface area (Å²) in [4.78, 5) is 20.5. The molecule has 24 heavy (non-hydrogen) atoms. The minimum absolute atomic E-state index is 0.00319. The lowest BCUT2D eigenvalue weighted by Gasteiger charge is -2.21.